The Morgan fingerprint density at radius 3 is 2.44 bits per heavy atom. The molecule has 11 heteroatoms. The molecular weight excluding hydrogens is 429 g/mol. The molecule has 0 aliphatic carbocycles. The molecule has 0 saturated heterocycles. The molecule has 170 valence electrons. The average molecular weight is 457 g/mol. The lowest BCUT2D eigenvalue weighted by Gasteiger charge is -2.21. The molecule has 0 aliphatic rings. The van der Waals surface area contributed by atoms with E-state index >= 15 is 0 Å². The second-order valence-corrected chi connectivity index (χ2v) is 8.22. The summed E-state index contributed by atoms with van der Waals surface area (Å²) in [5, 5.41) is 21.6. The fourth-order valence-corrected chi connectivity index (χ4v) is 3.87. The van der Waals surface area contributed by atoms with E-state index in [0.717, 1.165) is 9.79 Å². The predicted molar refractivity (Wildman–Crippen MR) is 126 cm³/mol. The first-order valence-electron chi connectivity index (χ1n) is 10.1. The van der Waals surface area contributed by atoms with E-state index in [1.165, 1.54) is 23.7 Å². The van der Waals surface area contributed by atoms with Gasteiger partial charge < -0.3 is 31.7 Å². The highest BCUT2D eigenvalue weighted by molar-refractivity contribution is 7.99. The summed E-state index contributed by atoms with van der Waals surface area (Å²) in [7, 11) is -0.225. The number of amides is 2. The van der Waals surface area contributed by atoms with Crippen molar-refractivity contribution < 1.29 is 19.6 Å². The Balaban J connectivity index is 1.98. The Labute approximate surface area is 192 Å². The Hall–Kier alpha value is -3.02. The van der Waals surface area contributed by atoms with Crippen molar-refractivity contribution >= 4 is 36.7 Å². The average Bonchev–Trinajstić information content (AvgIpc) is 2.76. The monoisotopic (exact) mass is 457 g/mol. The fraction of sp³-hybridized carbons (Fsp3) is 0.286. The van der Waals surface area contributed by atoms with Crippen LogP contribution in [0.1, 0.15) is 23.2 Å². The number of likely N-dealkylation sites (N-methyl/N-ethyl adjacent to an activating group) is 1. The van der Waals surface area contributed by atoms with E-state index in [0.29, 0.717) is 18.5 Å². The SMILES string of the molecule is CN(CC(=O)NC(CCCN=C(N)N)B(O)O)C(=O)c1ccccc1Sc1ccccc1. The number of hydrogen-bond acceptors (Lipinski definition) is 6. The van der Waals surface area contributed by atoms with Crippen molar-refractivity contribution in [1.82, 2.24) is 10.2 Å². The maximum Gasteiger partial charge on any atom is 0.475 e. The van der Waals surface area contributed by atoms with Crippen LogP contribution in [0.4, 0.5) is 0 Å². The van der Waals surface area contributed by atoms with Crippen LogP contribution in [0.25, 0.3) is 0 Å². The van der Waals surface area contributed by atoms with Crippen molar-refractivity contribution in [3.05, 3.63) is 60.2 Å². The molecule has 2 rings (SSSR count). The van der Waals surface area contributed by atoms with Crippen molar-refractivity contribution in [3.8, 4) is 0 Å². The minimum atomic E-state index is -1.75. The van der Waals surface area contributed by atoms with E-state index in [4.69, 9.17) is 11.5 Å². The third-order valence-corrected chi connectivity index (χ3v) is 5.57. The predicted octanol–water partition coefficient (Wildman–Crippen LogP) is 0.460. The number of nitrogens with two attached hydrogens (primary N) is 2. The number of aliphatic imine (C=N–C) groups is 1. The molecule has 0 aromatic heterocycles. The largest absolute Gasteiger partial charge is 0.475 e. The van der Waals surface area contributed by atoms with Gasteiger partial charge in [-0.25, -0.2) is 0 Å². The van der Waals surface area contributed by atoms with Gasteiger partial charge in [-0.05, 0) is 37.1 Å². The zero-order valence-electron chi connectivity index (χ0n) is 17.8. The van der Waals surface area contributed by atoms with Crippen LogP contribution in [0.3, 0.4) is 0 Å². The molecule has 9 nitrogen and oxygen atoms in total. The maximum absolute atomic E-state index is 13.0. The first-order chi connectivity index (χ1) is 15.3. The first-order valence-corrected chi connectivity index (χ1v) is 10.9. The topological polar surface area (TPSA) is 154 Å². The third kappa shape index (κ3) is 8.25. The Morgan fingerprint density at radius 2 is 1.78 bits per heavy atom. The van der Waals surface area contributed by atoms with Gasteiger partial charge in [-0.2, -0.15) is 0 Å². The van der Waals surface area contributed by atoms with Crippen molar-refractivity contribution in [2.45, 2.75) is 28.6 Å². The molecule has 0 saturated carbocycles. The second-order valence-electron chi connectivity index (χ2n) is 7.11. The van der Waals surface area contributed by atoms with Gasteiger partial charge in [0.2, 0.25) is 5.91 Å². The summed E-state index contributed by atoms with van der Waals surface area (Å²) < 4.78 is 0. The Morgan fingerprint density at radius 1 is 1.12 bits per heavy atom. The van der Waals surface area contributed by atoms with E-state index in [2.05, 4.69) is 10.3 Å². The summed E-state index contributed by atoms with van der Waals surface area (Å²) in [6, 6.07) is 16.9. The molecule has 1 atom stereocenters. The molecule has 2 aromatic carbocycles. The molecule has 0 bridgehead atoms. The normalized spacial score (nSPS) is 11.3. The van der Waals surface area contributed by atoms with Gasteiger partial charge in [0.25, 0.3) is 5.91 Å². The van der Waals surface area contributed by atoms with Gasteiger partial charge in [-0.1, -0.05) is 42.1 Å². The van der Waals surface area contributed by atoms with Crippen LogP contribution in [-0.2, 0) is 4.79 Å². The Bertz CT molecular complexity index is 925. The molecule has 0 spiro atoms. The minimum absolute atomic E-state index is 0.0546. The van der Waals surface area contributed by atoms with Crippen LogP contribution < -0.4 is 16.8 Å². The molecule has 32 heavy (non-hydrogen) atoms. The maximum atomic E-state index is 13.0. The van der Waals surface area contributed by atoms with Crippen LogP contribution in [-0.4, -0.2) is 65.9 Å². The highest BCUT2D eigenvalue weighted by Gasteiger charge is 2.26. The molecule has 2 aromatic rings. The van der Waals surface area contributed by atoms with E-state index in [1.54, 1.807) is 12.1 Å². The molecule has 7 N–H and O–H groups in total. The smallest absolute Gasteiger partial charge is 0.426 e. The Kier molecular flexibility index (Phi) is 10.1. The lowest BCUT2D eigenvalue weighted by Crippen LogP contribution is -2.49. The van der Waals surface area contributed by atoms with Gasteiger partial charge in [0.1, 0.15) is 0 Å². The van der Waals surface area contributed by atoms with Crippen molar-refractivity contribution in [2.75, 3.05) is 20.1 Å². The molecule has 0 fully saturated rings. The molecular formula is C21H28BN5O4S. The number of nitrogens with zero attached hydrogens (tertiary/aromatic N) is 2. The molecule has 1 unspecified atom stereocenters. The van der Waals surface area contributed by atoms with Crippen LogP contribution in [0.15, 0.2) is 69.4 Å². The molecule has 0 radical (unpaired) electrons. The van der Waals surface area contributed by atoms with Crippen molar-refractivity contribution in [1.29, 1.82) is 0 Å². The summed E-state index contributed by atoms with van der Waals surface area (Å²) >= 11 is 1.46. The molecule has 0 heterocycles. The van der Waals surface area contributed by atoms with Gasteiger partial charge in [-0.3, -0.25) is 14.6 Å². The number of nitrogens with one attached hydrogen (secondary N) is 1. The fourth-order valence-electron chi connectivity index (χ4n) is 2.91. The second kappa shape index (κ2) is 12.7. The minimum Gasteiger partial charge on any atom is -0.426 e. The van der Waals surface area contributed by atoms with E-state index < -0.39 is 19.0 Å². The van der Waals surface area contributed by atoms with Gasteiger partial charge in [0, 0.05) is 23.4 Å². The number of rotatable bonds is 11. The lowest BCUT2D eigenvalue weighted by molar-refractivity contribution is -0.122. The third-order valence-electron chi connectivity index (χ3n) is 4.49. The van der Waals surface area contributed by atoms with Gasteiger partial charge in [-0.15, -0.1) is 0 Å². The summed E-state index contributed by atoms with van der Waals surface area (Å²) in [4.78, 5) is 32.3. The van der Waals surface area contributed by atoms with Gasteiger partial charge >= 0.3 is 7.12 Å². The number of hydrogen-bond donors (Lipinski definition) is 5. The highest BCUT2D eigenvalue weighted by atomic mass is 32.2. The number of carbonyl (C=O) groups is 2. The summed E-state index contributed by atoms with van der Waals surface area (Å²) in [5.74, 6) is -1.77. The summed E-state index contributed by atoms with van der Waals surface area (Å²) in [6.45, 7) is 0.0654. The van der Waals surface area contributed by atoms with Gasteiger partial charge in [0.15, 0.2) is 5.96 Å². The number of guanidine groups is 1. The van der Waals surface area contributed by atoms with Crippen LogP contribution in [0.5, 0.6) is 0 Å². The van der Waals surface area contributed by atoms with E-state index in [-0.39, 0.29) is 24.8 Å². The van der Waals surface area contributed by atoms with E-state index in [1.807, 2.05) is 42.5 Å². The number of benzene rings is 2. The van der Waals surface area contributed by atoms with Gasteiger partial charge in [0.05, 0.1) is 18.0 Å². The lowest BCUT2D eigenvalue weighted by atomic mass is 9.76. The van der Waals surface area contributed by atoms with Crippen molar-refractivity contribution in [3.63, 3.8) is 0 Å². The zero-order chi connectivity index (χ0) is 23.5. The van der Waals surface area contributed by atoms with Crippen LogP contribution in [0, 0.1) is 0 Å². The number of carbonyl (C=O) groups excluding carboxylic acids is 2. The standard InChI is InChI=1S/C21H28BN5O4S/c1-27(14-19(28)26-18(22(30)31)12-7-13-25-21(23)24)20(29)16-10-5-6-11-17(16)32-15-8-3-2-4-9-15/h2-6,8-11,18,30-31H,7,12-14H2,1H3,(H,26,28)(H4,23,24,25). The zero-order valence-corrected chi connectivity index (χ0v) is 18.7. The summed E-state index contributed by atoms with van der Waals surface area (Å²) in [6.07, 6.45) is 0.702. The van der Waals surface area contributed by atoms with Crippen LogP contribution in [0.2, 0.25) is 0 Å². The highest BCUT2D eigenvalue weighted by Crippen LogP contribution is 2.30. The summed E-state index contributed by atoms with van der Waals surface area (Å²) in [5.41, 5.74) is 11.0. The van der Waals surface area contributed by atoms with Crippen molar-refractivity contribution in [2.24, 2.45) is 16.5 Å². The molecule has 2 amide bonds. The van der Waals surface area contributed by atoms with E-state index in [9.17, 15) is 19.6 Å². The quantitative estimate of drug-likeness (QED) is 0.142. The van der Waals surface area contributed by atoms with Crippen LogP contribution >= 0.6 is 11.8 Å². The molecule has 0 aliphatic heterocycles. The first kappa shape index (κ1) is 25.2.